The molecule has 34 heavy (non-hydrogen) atoms. The summed E-state index contributed by atoms with van der Waals surface area (Å²) in [6.45, 7) is 3.64. The van der Waals surface area contributed by atoms with Gasteiger partial charge >= 0.3 is 11.9 Å². The molecule has 0 aliphatic carbocycles. The van der Waals surface area contributed by atoms with Gasteiger partial charge in [0, 0.05) is 0 Å². The van der Waals surface area contributed by atoms with Gasteiger partial charge in [-0.25, -0.2) is 4.98 Å². The molecule has 0 spiro atoms. The van der Waals surface area contributed by atoms with Crippen molar-refractivity contribution in [2.45, 2.75) is 37.5 Å². The van der Waals surface area contributed by atoms with E-state index in [1.165, 1.54) is 11.8 Å². The monoisotopic (exact) mass is 474 g/mol. The first-order chi connectivity index (χ1) is 16.4. The Hall–Kier alpha value is -3.58. The first kappa shape index (κ1) is 23.6. The van der Waals surface area contributed by atoms with E-state index in [4.69, 9.17) is 9.47 Å². The lowest BCUT2D eigenvalue weighted by Crippen LogP contribution is -2.42. The zero-order valence-corrected chi connectivity index (χ0v) is 19.9. The predicted octanol–water partition coefficient (Wildman–Crippen LogP) is 5.54. The van der Waals surface area contributed by atoms with E-state index in [1.54, 1.807) is 13.8 Å². The van der Waals surface area contributed by atoms with E-state index in [2.05, 4.69) is 9.97 Å². The predicted molar refractivity (Wildman–Crippen MR) is 132 cm³/mol. The molecule has 4 rings (SSSR count). The average Bonchev–Trinajstić information content (AvgIpc) is 3.28. The van der Waals surface area contributed by atoms with Crippen LogP contribution in [0.4, 0.5) is 0 Å². The number of para-hydroxylation sites is 2. The van der Waals surface area contributed by atoms with Gasteiger partial charge in [0.1, 0.15) is 18.5 Å². The Morgan fingerprint density at radius 3 is 2.03 bits per heavy atom. The number of rotatable bonds is 9. The third kappa shape index (κ3) is 5.66. The van der Waals surface area contributed by atoms with Crippen LogP contribution in [-0.2, 0) is 32.3 Å². The number of aromatic amines is 1. The molecule has 1 heterocycles. The fourth-order valence-corrected chi connectivity index (χ4v) is 4.51. The quantitative estimate of drug-likeness (QED) is 0.254. The summed E-state index contributed by atoms with van der Waals surface area (Å²) in [6.07, 6.45) is 0. The molecule has 0 aliphatic rings. The molecule has 0 amide bonds. The van der Waals surface area contributed by atoms with Gasteiger partial charge in [0.25, 0.3) is 0 Å². The van der Waals surface area contributed by atoms with Crippen molar-refractivity contribution in [1.82, 2.24) is 9.97 Å². The molecule has 0 fully saturated rings. The number of ether oxygens (including phenoxy) is 2. The van der Waals surface area contributed by atoms with Gasteiger partial charge in [0.05, 0.1) is 16.4 Å². The maximum atomic E-state index is 13.3. The third-order valence-electron chi connectivity index (χ3n) is 5.43. The number of nitrogens with one attached hydrogen (secondary N) is 1. The lowest BCUT2D eigenvalue weighted by Gasteiger charge is -2.29. The van der Waals surface area contributed by atoms with Gasteiger partial charge in [-0.15, -0.1) is 0 Å². The molecule has 7 heteroatoms. The molecule has 0 radical (unpaired) electrons. The van der Waals surface area contributed by atoms with Crippen LogP contribution in [0.5, 0.6) is 0 Å². The van der Waals surface area contributed by atoms with Crippen molar-refractivity contribution in [3.8, 4) is 0 Å². The van der Waals surface area contributed by atoms with Crippen LogP contribution >= 0.6 is 11.8 Å². The number of nitrogens with zero attached hydrogens (tertiary/aromatic N) is 1. The number of aromatic nitrogens is 2. The van der Waals surface area contributed by atoms with Crippen LogP contribution in [0.3, 0.4) is 0 Å². The number of hydrogen-bond donors (Lipinski definition) is 1. The van der Waals surface area contributed by atoms with Gasteiger partial charge < -0.3 is 14.5 Å². The van der Waals surface area contributed by atoms with Crippen molar-refractivity contribution in [2.24, 2.45) is 5.41 Å². The summed E-state index contributed by atoms with van der Waals surface area (Å²) in [6, 6.07) is 26.5. The van der Waals surface area contributed by atoms with Crippen molar-refractivity contribution >= 4 is 34.7 Å². The highest BCUT2D eigenvalue weighted by atomic mass is 32.2. The summed E-state index contributed by atoms with van der Waals surface area (Å²) < 4.78 is 11.2. The van der Waals surface area contributed by atoms with Crippen LogP contribution in [0.15, 0.2) is 90.1 Å². The average molecular weight is 475 g/mol. The number of carbonyl (C=O) groups is 2. The molecule has 174 valence electrons. The minimum absolute atomic E-state index is 0.117. The molecule has 0 saturated carbocycles. The molecular formula is C27H26N2O4S. The number of thioether (sulfide) groups is 1. The molecule has 0 bridgehead atoms. The fourth-order valence-electron chi connectivity index (χ4n) is 3.41. The zero-order chi connectivity index (χ0) is 24.0. The molecular weight excluding hydrogens is 448 g/mol. The van der Waals surface area contributed by atoms with Crippen LogP contribution < -0.4 is 0 Å². The number of carbonyl (C=O) groups excluding carboxylic acids is 2. The standard InChI is InChI=1S/C27H26N2O4S/c1-27(2,25(31)33-18-20-13-7-4-8-14-20)23(24(30)32-17-19-11-5-3-6-12-19)34-26-28-21-15-9-10-16-22(21)29-26/h3-16,23H,17-18H2,1-2H3,(H,28,29). The van der Waals surface area contributed by atoms with Crippen LogP contribution in [-0.4, -0.2) is 27.2 Å². The van der Waals surface area contributed by atoms with E-state index in [0.717, 1.165) is 22.2 Å². The lowest BCUT2D eigenvalue weighted by molar-refractivity contribution is -0.161. The second kappa shape index (κ2) is 10.6. The van der Waals surface area contributed by atoms with Crippen molar-refractivity contribution < 1.29 is 19.1 Å². The lowest BCUT2D eigenvalue weighted by atomic mass is 9.89. The molecule has 1 aromatic heterocycles. The summed E-state index contributed by atoms with van der Waals surface area (Å²) in [7, 11) is 0. The highest BCUT2D eigenvalue weighted by molar-refractivity contribution is 8.00. The van der Waals surface area contributed by atoms with Crippen molar-refractivity contribution in [3.05, 3.63) is 96.1 Å². The number of benzene rings is 3. The van der Waals surface area contributed by atoms with Gasteiger partial charge in [-0.2, -0.15) is 0 Å². The van der Waals surface area contributed by atoms with Gasteiger partial charge in [0.2, 0.25) is 0 Å². The van der Waals surface area contributed by atoms with Gasteiger partial charge in [-0.05, 0) is 37.1 Å². The van der Waals surface area contributed by atoms with Gasteiger partial charge in [-0.1, -0.05) is 84.6 Å². The number of hydrogen-bond acceptors (Lipinski definition) is 6. The van der Waals surface area contributed by atoms with E-state index in [1.807, 2.05) is 84.9 Å². The Morgan fingerprint density at radius 2 is 1.41 bits per heavy atom. The molecule has 3 aromatic carbocycles. The zero-order valence-electron chi connectivity index (χ0n) is 19.1. The molecule has 1 atom stereocenters. The summed E-state index contributed by atoms with van der Waals surface area (Å²) in [5.41, 5.74) is 2.20. The summed E-state index contributed by atoms with van der Waals surface area (Å²) in [5.74, 6) is -0.988. The number of imidazole rings is 1. The Morgan fingerprint density at radius 1 is 0.853 bits per heavy atom. The Bertz CT molecular complexity index is 1220. The second-order valence-corrected chi connectivity index (χ2v) is 9.53. The minimum atomic E-state index is -1.17. The highest BCUT2D eigenvalue weighted by Gasteiger charge is 2.45. The number of H-pyrrole nitrogens is 1. The summed E-state index contributed by atoms with van der Waals surface area (Å²) >= 11 is 1.17. The first-order valence-electron chi connectivity index (χ1n) is 11.0. The third-order valence-corrected chi connectivity index (χ3v) is 6.86. The maximum absolute atomic E-state index is 13.3. The largest absolute Gasteiger partial charge is 0.460 e. The second-order valence-electron chi connectivity index (χ2n) is 8.43. The highest BCUT2D eigenvalue weighted by Crippen LogP contribution is 2.37. The smallest absolute Gasteiger partial charge is 0.321 e. The Labute approximate surface area is 202 Å². The van der Waals surface area contributed by atoms with Crippen LogP contribution in [0.25, 0.3) is 11.0 Å². The van der Waals surface area contributed by atoms with E-state index >= 15 is 0 Å². The van der Waals surface area contributed by atoms with E-state index < -0.39 is 22.6 Å². The summed E-state index contributed by atoms with van der Waals surface area (Å²) in [4.78, 5) is 34.2. The van der Waals surface area contributed by atoms with Crippen molar-refractivity contribution in [1.29, 1.82) is 0 Å². The van der Waals surface area contributed by atoms with Crippen molar-refractivity contribution in [3.63, 3.8) is 0 Å². The number of fused-ring (bicyclic) bond motifs is 1. The molecule has 4 aromatic rings. The van der Waals surface area contributed by atoms with E-state index in [9.17, 15) is 9.59 Å². The molecule has 6 nitrogen and oxygen atoms in total. The van der Waals surface area contributed by atoms with E-state index in [-0.39, 0.29) is 13.2 Å². The fraction of sp³-hybridized carbons (Fsp3) is 0.222. The van der Waals surface area contributed by atoms with Gasteiger partial charge in [0.15, 0.2) is 5.16 Å². The molecule has 0 saturated heterocycles. The maximum Gasteiger partial charge on any atom is 0.321 e. The van der Waals surface area contributed by atoms with Crippen LogP contribution in [0.1, 0.15) is 25.0 Å². The summed E-state index contributed by atoms with van der Waals surface area (Å²) in [5, 5.41) is -0.341. The molecule has 1 N–H and O–H groups in total. The van der Waals surface area contributed by atoms with Gasteiger partial charge in [-0.3, -0.25) is 9.59 Å². The Kier molecular flexibility index (Phi) is 7.33. The van der Waals surface area contributed by atoms with Crippen LogP contribution in [0, 0.1) is 5.41 Å². The normalized spacial score (nSPS) is 12.3. The van der Waals surface area contributed by atoms with Crippen LogP contribution in [0.2, 0.25) is 0 Å². The Balaban J connectivity index is 1.54. The topological polar surface area (TPSA) is 81.3 Å². The number of esters is 2. The van der Waals surface area contributed by atoms with E-state index in [0.29, 0.717) is 5.16 Å². The minimum Gasteiger partial charge on any atom is -0.460 e. The SMILES string of the molecule is CC(C)(C(=O)OCc1ccccc1)C(Sc1nc2ccccc2[nH]1)C(=O)OCc1ccccc1. The van der Waals surface area contributed by atoms with Crippen molar-refractivity contribution in [2.75, 3.05) is 0 Å². The molecule has 0 aliphatic heterocycles. The first-order valence-corrected chi connectivity index (χ1v) is 11.8. The molecule has 1 unspecified atom stereocenters.